The van der Waals surface area contributed by atoms with Crippen LogP contribution in [-0.4, -0.2) is 9.97 Å². The van der Waals surface area contributed by atoms with Crippen molar-refractivity contribution in [2.45, 2.75) is 7.59 Å². The summed E-state index contributed by atoms with van der Waals surface area (Å²) in [6.07, 6.45) is 0. The maximum absolute atomic E-state index is 5.90. The van der Waals surface area contributed by atoms with E-state index in [2.05, 4.69) is 9.97 Å². The van der Waals surface area contributed by atoms with Crippen LogP contribution in [0.5, 0.6) is 0 Å². The number of benzene rings is 1. The monoisotopic (exact) mass is 412 g/mol. The van der Waals surface area contributed by atoms with Crippen molar-refractivity contribution in [2.75, 3.05) is 0 Å². The molecule has 0 aliphatic heterocycles. The molecule has 0 saturated carbocycles. The Hall–Kier alpha value is -0.220. The normalized spacial score (nSPS) is 13.0. The lowest BCUT2D eigenvalue weighted by molar-refractivity contribution is 1.10. The van der Waals surface area contributed by atoms with Crippen LogP contribution in [-0.2, 0) is 7.59 Å². The second-order valence-corrected chi connectivity index (χ2v) is 9.16. The Morgan fingerprint density at radius 2 is 0.864 bits per heavy atom. The highest BCUT2D eigenvalue weighted by atomic mass is 35.6. The lowest BCUT2D eigenvalue weighted by Gasteiger charge is -2.13. The third-order valence-electron chi connectivity index (χ3n) is 3.10. The van der Waals surface area contributed by atoms with E-state index in [1.165, 1.54) is 0 Å². The Morgan fingerprint density at radius 3 is 1.18 bits per heavy atom. The van der Waals surface area contributed by atoms with E-state index in [9.17, 15) is 0 Å². The fourth-order valence-corrected chi connectivity index (χ4v) is 2.71. The second-order valence-electron chi connectivity index (χ2n) is 4.60. The quantitative estimate of drug-likeness (QED) is 0.312. The molecular weight excluding hydrogens is 409 g/mol. The molecule has 0 atom stereocenters. The number of alkyl halides is 6. The highest BCUT2D eigenvalue weighted by Crippen LogP contribution is 2.40. The molecule has 3 aromatic rings. The number of hydrogen-bond donors (Lipinski definition) is 0. The Balaban J connectivity index is 2.36. The molecule has 0 aliphatic carbocycles. The molecule has 0 bridgehead atoms. The topological polar surface area (TPSA) is 25.8 Å². The molecule has 114 valence electrons. The number of pyridine rings is 2. The van der Waals surface area contributed by atoms with Gasteiger partial charge in [-0.25, -0.2) is 9.97 Å². The van der Waals surface area contributed by atoms with Crippen LogP contribution in [0, 0.1) is 0 Å². The van der Waals surface area contributed by atoms with Gasteiger partial charge in [0.05, 0.1) is 22.4 Å². The zero-order valence-corrected chi connectivity index (χ0v) is 15.2. The molecular formula is C14H6Cl6N2. The van der Waals surface area contributed by atoms with Gasteiger partial charge in [-0.1, -0.05) is 93.9 Å². The highest BCUT2D eigenvalue weighted by molar-refractivity contribution is 6.67. The summed E-state index contributed by atoms with van der Waals surface area (Å²) in [5.41, 5.74) is 1.77. The molecule has 0 unspecified atom stereocenters. The molecule has 0 N–H and O–H groups in total. The predicted molar refractivity (Wildman–Crippen MR) is 95.5 cm³/mol. The van der Waals surface area contributed by atoms with E-state index in [1.54, 1.807) is 12.1 Å². The molecule has 0 radical (unpaired) electrons. The Bertz CT molecular complexity index is 794. The number of halogens is 6. The first kappa shape index (κ1) is 16.6. The van der Waals surface area contributed by atoms with E-state index in [0.29, 0.717) is 22.4 Å². The largest absolute Gasteiger partial charge is 0.246 e. The number of nitrogens with zero attached hydrogens (tertiary/aromatic N) is 2. The van der Waals surface area contributed by atoms with Crippen LogP contribution >= 0.6 is 69.6 Å². The minimum absolute atomic E-state index is 0.304. The Kier molecular flexibility index (Phi) is 4.31. The van der Waals surface area contributed by atoms with Gasteiger partial charge in [0.25, 0.3) is 0 Å². The number of fused-ring (bicyclic) bond motifs is 3. The van der Waals surface area contributed by atoms with Gasteiger partial charge in [0.1, 0.15) is 0 Å². The van der Waals surface area contributed by atoms with Crippen LogP contribution in [0.2, 0.25) is 0 Å². The van der Waals surface area contributed by atoms with Crippen molar-refractivity contribution in [3.63, 3.8) is 0 Å². The van der Waals surface area contributed by atoms with Gasteiger partial charge in [-0.05, 0) is 12.1 Å². The van der Waals surface area contributed by atoms with Gasteiger partial charge in [0, 0.05) is 10.8 Å². The lowest BCUT2D eigenvalue weighted by atomic mass is 10.1. The zero-order chi connectivity index (χ0) is 16.1. The van der Waals surface area contributed by atoms with Gasteiger partial charge in [-0.2, -0.15) is 0 Å². The van der Waals surface area contributed by atoms with Crippen molar-refractivity contribution in [3.8, 4) is 0 Å². The van der Waals surface area contributed by atoms with Crippen molar-refractivity contribution in [2.24, 2.45) is 0 Å². The van der Waals surface area contributed by atoms with Crippen LogP contribution in [0.1, 0.15) is 11.4 Å². The van der Waals surface area contributed by atoms with Crippen LogP contribution in [0.4, 0.5) is 0 Å². The molecule has 0 saturated heterocycles. The summed E-state index contributed by atoms with van der Waals surface area (Å²) in [6.45, 7) is 0. The fraction of sp³-hybridized carbons (Fsp3) is 0.143. The summed E-state index contributed by atoms with van der Waals surface area (Å²) in [6, 6.07) is 10.7. The fourth-order valence-electron chi connectivity index (χ4n) is 2.08. The molecule has 0 amide bonds. The third kappa shape index (κ3) is 3.19. The van der Waals surface area contributed by atoms with E-state index < -0.39 is 7.59 Å². The van der Waals surface area contributed by atoms with E-state index in [1.807, 2.05) is 24.3 Å². The predicted octanol–water partition coefficient (Wildman–Crippen LogP) is 6.44. The van der Waals surface area contributed by atoms with Gasteiger partial charge >= 0.3 is 0 Å². The average Bonchev–Trinajstić information content (AvgIpc) is 2.44. The van der Waals surface area contributed by atoms with Crippen molar-refractivity contribution in [1.29, 1.82) is 0 Å². The smallest absolute Gasteiger partial charge is 0.232 e. The van der Waals surface area contributed by atoms with Gasteiger partial charge in [-0.15, -0.1) is 0 Å². The SMILES string of the molecule is ClC(Cl)(Cl)c1ccc2ccc3ccc(C(Cl)(Cl)Cl)nc3c2n1. The van der Waals surface area contributed by atoms with Crippen LogP contribution in [0.3, 0.4) is 0 Å². The number of rotatable bonds is 0. The summed E-state index contributed by atoms with van der Waals surface area (Å²) in [4.78, 5) is 8.82. The molecule has 1 aromatic carbocycles. The molecule has 3 rings (SSSR count). The van der Waals surface area contributed by atoms with Gasteiger partial charge < -0.3 is 0 Å². The van der Waals surface area contributed by atoms with Crippen LogP contribution in [0.15, 0.2) is 36.4 Å². The summed E-state index contributed by atoms with van der Waals surface area (Å²) >= 11 is 35.4. The first-order chi connectivity index (χ1) is 10.2. The van der Waals surface area contributed by atoms with Gasteiger partial charge in [-0.3, -0.25) is 0 Å². The first-order valence-corrected chi connectivity index (χ1v) is 8.28. The lowest BCUT2D eigenvalue weighted by Crippen LogP contribution is -2.05. The van der Waals surface area contributed by atoms with E-state index in [0.717, 1.165) is 10.8 Å². The van der Waals surface area contributed by atoms with E-state index >= 15 is 0 Å². The molecule has 0 spiro atoms. The third-order valence-corrected chi connectivity index (χ3v) is 4.26. The molecule has 8 heteroatoms. The molecule has 2 aromatic heterocycles. The molecule has 22 heavy (non-hydrogen) atoms. The molecule has 2 heterocycles. The van der Waals surface area contributed by atoms with Crippen molar-refractivity contribution in [1.82, 2.24) is 9.97 Å². The van der Waals surface area contributed by atoms with E-state index in [4.69, 9.17) is 69.6 Å². The summed E-state index contributed by atoms with van der Waals surface area (Å²) in [5.74, 6) is 0. The maximum atomic E-state index is 5.90. The second kappa shape index (κ2) is 5.70. The summed E-state index contributed by atoms with van der Waals surface area (Å²) in [7, 11) is 0. The zero-order valence-electron chi connectivity index (χ0n) is 10.6. The van der Waals surface area contributed by atoms with Crippen molar-refractivity contribution in [3.05, 3.63) is 47.8 Å². The van der Waals surface area contributed by atoms with Gasteiger partial charge in [0.15, 0.2) is 0 Å². The van der Waals surface area contributed by atoms with Gasteiger partial charge in [0.2, 0.25) is 7.59 Å². The van der Waals surface area contributed by atoms with Crippen molar-refractivity contribution >= 4 is 91.4 Å². The Morgan fingerprint density at radius 1 is 0.545 bits per heavy atom. The molecule has 2 nitrogen and oxygen atoms in total. The average molecular weight is 415 g/mol. The number of aromatic nitrogens is 2. The molecule has 0 aliphatic rings. The minimum Gasteiger partial charge on any atom is -0.246 e. The summed E-state index contributed by atoms with van der Waals surface area (Å²) in [5, 5.41) is 1.69. The van der Waals surface area contributed by atoms with Crippen LogP contribution < -0.4 is 0 Å². The van der Waals surface area contributed by atoms with Crippen molar-refractivity contribution < 1.29 is 0 Å². The van der Waals surface area contributed by atoms with E-state index in [-0.39, 0.29) is 0 Å². The standard InChI is InChI=1S/C14H6Cl6N2/c15-13(16,17)9-5-3-7-1-2-8-4-6-10(14(18,19)20)22-12(8)11(7)21-9/h1-6H. The highest BCUT2D eigenvalue weighted by Gasteiger charge is 2.27. The summed E-state index contributed by atoms with van der Waals surface area (Å²) < 4.78 is -3.24. The first-order valence-electron chi connectivity index (χ1n) is 6.01. The Labute approximate surface area is 156 Å². The minimum atomic E-state index is -1.62. The van der Waals surface area contributed by atoms with Crippen LogP contribution in [0.25, 0.3) is 21.8 Å². The number of hydrogen-bond acceptors (Lipinski definition) is 2. The molecule has 0 fully saturated rings. The maximum Gasteiger partial charge on any atom is 0.232 e.